The summed E-state index contributed by atoms with van der Waals surface area (Å²) in [5.41, 5.74) is 1.91. The lowest BCUT2D eigenvalue weighted by Gasteiger charge is -2.14. The Morgan fingerprint density at radius 2 is 1.60 bits per heavy atom. The summed E-state index contributed by atoms with van der Waals surface area (Å²) in [4.78, 5) is 14.1. The summed E-state index contributed by atoms with van der Waals surface area (Å²) in [5.74, 6) is 2.03. The molecule has 1 N–H and O–H groups in total. The number of carbonyl (C=O) groups excluding carboxylic acids is 1. The molecular weight excluding hydrogens is 422 g/mol. The van der Waals surface area contributed by atoms with Crippen LogP contribution in [-0.2, 0) is 5.75 Å². The predicted octanol–water partition coefficient (Wildman–Crippen LogP) is 5.91. The maximum Gasteiger partial charge on any atom is 0.255 e. The van der Waals surface area contributed by atoms with Crippen molar-refractivity contribution in [2.45, 2.75) is 10.6 Å². The Morgan fingerprint density at radius 1 is 0.900 bits per heavy atom. The van der Waals surface area contributed by atoms with Gasteiger partial charge >= 0.3 is 0 Å². The lowest BCUT2D eigenvalue weighted by Crippen LogP contribution is -2.13. The molecule has 0 aliphatic rings. The summed E-state index contributed by atoms with van der Waals surface area (Å²) < 4.78 is 16.0. The van der Waals surface area contributed by atoms with E-state index in [9.17, 15) is 4.79 Å². The van der Waals surface area contributed by atoms with E-state index in [2.05, 4.69) is 5.32 Å². The first-order valence-corrected chi connectivity index (χ1v) is 10.5. The van der Waals surface area contributed by atoms with Crippen molar-refractivity contribution in [2.24, 2.45) is 0 Å². The average Bonchev–Trinajstić information content (AvgIpc) is 2.78. The van der Waals surface area contributed by atoms with Crippen molar-refractivity contribution < 1.29 is 19.0 Å². The lowest BCUT2D eigenvalue weighted by atomic mass is 10.1. The summed E-state index contributed by atoms with van der Waals surface area (Å²) in [7, 11) is 4.65. The van der Waals surface area contributed by atoms with Gasteiger partial charge in [-0.2, -0.15) is 0 Å². The molecule has 0 saturated carbocycles. The van der Waals surface area contributed by atoms with Gasteiger partial charge < -0.3 is 19.5 Å². The van der Waals surface area contributed by atoms with Gasteiger partial charge in [0.05, 0.1) is 32.0 Å². The van der Waals surface area contributed by atoms with E-state index in [4.69, 9.17) is 25.8 Å². The van der Waals surface area contributed by atoms with Crippen molar-refractivity contribution in [3.05, 3.63) is 76.8 Å². The molecule has 0 atom stereocenters. The number of methoxy groups -OCH3 is 3. The van der Waals surface area contributed by atoms with Crippen molar-refractivity contribution in [1.82, 2.24) is 0 Å². The van der Waals surface area contributed by atoms with Crippen LogP contribution in [0, 0.1) is 0 Å². The van der Waals surface area contributed by atoms with Gasteiger partial charge in [0.1, 0.15) is 17.2 Å². The van der Waals surface area contributed by atoms with Crippen LogP contribution in [0.1, 0.15) is 15.9 Å². The molecule has 3 aromatic rings. The van der Waals surface area contributed by atoms with Crippen molar-refractivity contribution in [1.29, 1.82) is 0 Å². The minimum Gasteiger partial charge on any atom is -0.496 e. The summed E-state index contributed by atoms with van der Waals surface area (Å²) in [6, 6.07) is 18.7. The number of amides is 1. The van der Waals surface area contributed by atoms with Crippen molar-refractivity contribution in [3.8, 4) is 17.2 Å². The molecule has 5 nitrogen and oxygen atoms in total. The van der Waals surface area contributed by atoms with Gasteiger partial charge in [0.25, 0.3) is 5.91 Å². The molecule has 0 radical (unpaired) electrons. The molecule has 3 rings (SSSR count). The first-order chi connectivity index (χ1) is 14.5. The van der Waals surface area contributed by atoms with Crippen LogP contribution in [0.5, 0.6) is 17.2 Å². The third-order valence-electron chi connectivity index (χ3n) is 4.40. The van der Waals surface area contributed by atoms with E-state index in [0.29, 0.717) is 33.5 Å². The molecule has 0 aliphatic carbocycles. The van der Waals surface area contributed by atoms with Crippen LogP contribution in [0.25, 0.3) is 0 Å². The smallest absolute Gasteiger partial charge is 0.255 e. The van der Waals surface area contributed by atoms with Gasteiger partial charge in [-0.05, 0) is 30.3 Å². The molecule has 0 aromatic heterocycles. The summed E-state index contributed by atoms with van der Waals surface area (Å²) in [5, 5.41) is 3.27. The van der Waals surface area contributed by atoms with E-state index >= 15 is 0 Å². The number of benzene rings is 3. The second-order valence-electron chi connectivity index (χ2n) is 6.27. The zero-order chi connectivity index (χ0) is 21.5. The molecule has 3 aromatic carbocycles. The van der Waals surface area contributed by atoms with Gasteiger partial charge in [-0.25, -0.2) is 0 Å². The Bertz CT molecular complexity index is 1030. The number of anilines is 1. The minimum atomic E-state index is -0.272. The van der Waals surface area contributed by atoms with Gasteiger partial charge in [0.15, 0.2) is 0 Å². The zero-order valence-corrected chi connectivity index (χ0v) is 18.5. The van der Waals surface area contributed by atoms with E-state index in [1.54, 1.807) is 43.1 Å². The Kier molecular flexibility index (Phi) is 7.49. The Labute approximate surface area is 185 Å². The largest absolute Gasteiger partial charge is 0.496 e. The van der Waals surface area contributed by atoms with Crippen LogP contribution >= 0.6 is 23.4 Å². The first-order valence-electron chi connectivity index (χ1n) is 9.13. The highest BCUT2D eigenvalue weighted by atomic mass is 35.5. The fourth-order valence-electron chi connectivity index (χ4n) is 2.86. The molecule has 7 heteroatoms. The lowest BCUT2D eigenvalue weighted by molar-refractivity contribution is 0.102. The molecule has 0 bridgehead atoms. The van der Waals surface area contributed by atoms with Crippen LogP contribution in [0.15, 0.2) is 65.6 Å². The molecule has 0 unspecified atom stereocenters. The van der Waals surface area contributed by atoms with Crippen LogP contribution in [-0.4, -0.2) is 27.2 Å². The molecule has 30 heavy (non-hydrogen) atoms. The average molecular weight is 444 g/mol. The number of thioether (sulfide) groups is 1. The SMILES string of the molecule is COc1cc(NC(=O)c2ccc(OC)c(CSc3ccccc3)c2)c(OC)cc1Cl. The highest BCUT2D eigenvalue weighted by Crippen LogP contribution is 2.36. The highest BCUT2D eigenvalue weighted by Gasteiger charge is 2.15. The number of halogens is 1. The number of rotatable bonds is 8. The number of ether oxygens (including phenoxy) is 3. The first kappa shape index (κ1) is 21.9. The monoisotopic (exact) mass is 443 g/mol. The third kappa shape index (κ3) is 5.20. The Hall–Kier alpha value is -2.83. The standard InChI is InChI=1S/C23H22ClNO4S/c1-27-20-10-9-15(11-16(20)14-30-17-7-5-4-6-8-17)23(26)25-19-13-21(28-2)18(24)12-22(19)29-3/h4-13H,14H2,1-3H3,(H,25,26). The maximum atomic E-state index is 12.9. The van der Waals surface area contributed by atoms with Crippen molar-refractivity contribution in [2.75, 3.05) is 26.6 Å². The normalized spacial score (nSPS) is 10.4. The van der Waals surface area contributed by atoms with E-state index in [1.165, 1.54) is 14.2 Å². The quantitative estimate of drug-likeness (QED) is 0.438. The number of carbonyl (C=O) groups is 1. The summed E-state index contributed by atoms with van der Waals surface area (Å²) in [6.07, 6.45) is 0. The van der Waals surface area contributed by atoms with Crippen LogP contribution in [0.2, 0.25) is 5.02 Å². The van der Waals surface area contributed by atoms with E-state index < -0.39 is 0 Å². The molecule has 156 valence electrons. The Balaban J connectivity index is 1.82. The molecule has 0 aliphatic heterocycles. The van der Waals surface area contributed by atoms with Crippen molar-refractivity contribution >= 4 is 35.0 Å². The van der Waals surface area contributed by atoms with Crippen LogP contribution in [0.3, 0.4) is 0 Å². The Morgan fingerprint density at radius 3 is 2.27 bits per heavy atom. The van der Waals surface area contributed by atoms with E-state index in [1.807, 2.05) is 36.4 Å². The molecule has 1 amide bonds. The molecule has 0 fully saturated rings. The number of hydrogen-bond donors (Lipinski definition) is 1. The van der Waals surface area contributed by atoms with Crippen LogP contribution < -0.4 is 19.5 Å². The van der Waals surface area contributed by atoms with Gasteiger partial charge in [0, 0.05) is 33.9 Å². The van der Waals surface area contributed by atoms with Gasteiger partial charge in [0.2, 0.25) is 0 Å². The second kappa shape index (κ2) is 10.3. The van der Waals surface area contributed by atoms with Gasteiger partial charge in [-0.15, -0.1) is 11.8 Å². The van der Waals surface area contributed by atoms with Gasteiger partial charge in [-0.1, -0.05) is 29.8 Å². The molecule has 0 heterocycles. The number of nitrogens with one attached hydrogen (secondary N) is 1. The fourth-order valence-corrected chi connectivity index (χ4v) is 3.99. The minimum absolute atomic E-state index is 0.272. The topological polar surface area (TPSA) is 56.8 Å². The van der Waals surface area contributed by atoms with Crippen LogP contribution in [0.4, 0.5) is 5.69 Å². The highest BCUT2D eigenvalue weighted by molar-refractivity contribution is 7.98. The predicted molar refractivity (Wildman–Crippen MR) is 122 cm³/mol. The van der Waals surface area contributed by atoms with Crippen molar-refractivity contribution in [3.63, 3.8) is 0 Å². The second-order valence-corrected chi connectivity index (χ2v) is 7.73. The number of hydrogen-bond acceptors (Lipinski definition) is 5. The third-order valence-corrected chi connectivity index (χ3v) is 5.76. The maximum absolute atomic E-state index is 12.9. The zero-order valence-electron chi connectivity index (χ0n) is 16.9. The summed E-state index contributed by atoms with van der Waals surface area (Å²) >= 11 is 7.82. The molecule has 0 spiro atoms. The van der Waals surface area contributed by atoms with E-state index in [0.717, 1.165) is 16.2 Å². The summed E-state index contributed by atoms with van der Waals surface area (Å²) in [6.45, 7) is 0. The molecule has 0 saturated heterocycles. The molecular formula is C23H22ClNO4S. The van der Waals surface area contributed by atoms with E-state index in [-0.39, 0.29) is 5.91 Å². The van der Waals surface area contributed by atoms with Gasteiger partial charge in [-0.3, -0.25) is 4.79 Å². The fraction of sp³-hybridized carbons (Fsp3) is 0.174.